The van der Waals surface area contributed by atoms with Gasteiger partial charge in [-0.25, -0.2) is 9.07 Å². The van der Waals surface area contributed by atoms with Crippen molar-refractivity contribution in [3.63, 3.8) is 0 Å². The molecule has 1 aliphatic rings. The summed E-state index contributed by atoms with van der Waals surface area (Å²) < 4.78 is 26.5. The molecule has 0 aliphatic carbocycles. The van der Waals surface area contributed by atoms with Crippen LogP contribution in [0.2, 0.25) is 0 Å². The molecule has 5 rings (SSSR count). The predicted molar refractivity (Wildman–Crippen MR) is 122 cm³/mol. The number of halogens is 1. The monoisotopic (exact) mass is 446 g/mol. The molecule has 1 aliphatic heterocycles. The summed E-state index contributed by atoms with van der Waals surface area (Å²) in [5.74, 6) is 0.914. The molecule has 168 valence electrons. The molecule has 7 nitrogen and oxygen atoms in total. The van der Waals surface area contributed by atoms with Crippen molar-refractivity contribution in [1.29, 1.82) is 0 Å². The Bertz CT molecular complexity index is 1240. The maximum Gasteiger partial charge on any atom is 0.272 e. The number of benzene rings is 2. The first-order chi connectivity index (χ1) is 16.1. The zero-order valence-electron chi connectivity index (χ0n) is 18.1. The summed E-state index contributed by atoms with van der Waals surface area (Å²) in [5.41, 5.74) is 2.31. The van der Waals surface area contributed by atoms with Gasteiger partial charge in [-0.05, 0) is 48.5 Å². The zero-order valence-corrected chi connectivity index (χ0v) is 18.1. The van der Waals surface area contributed by atoms with E-state index in [2.05, 4.69) is 5.10 Å². The minimum absolute atomic E-state index is 0.135. The van der Waals surface area contributed by atoms with E-state index < -0.39 is 0 Å². The lowest BCUT2D eigenvalue weighted by molar-refractivity contribution is 0.0737. The van der Waals surface area contributed by atoms with Gasteiger partial charge >= 0.3 is 0 Å². The number of anilines is 1. The lowest BCUT2D eigenvalue weighted by atomic mass is 10.2. The van der Waals surface area contributed by atoms with Crippen molar-refractivity contribution in [1.82, 2.24) is 14.7 Å². The molecule has 0 spiro atoms. The summed E-state index contributed by atoms with van der Waals surface area (Å²) in [6, 6.07) is 19.4. The number of methoxy groups -OCH3 is 1. The largest absolute Gasteiger partial charge is 0.497 e. The molecule has 2 aromatic heterocycles. The highest BCUT2D eigenvalue weighted by Gasteiger charge is 2.27. The smallest absolute Gasteiger partial charge is 0.272 e. The number of rotatable bonds is 5. The Labute approximate surface area is 190 Å². The van der Waals surface area contributed by atoms with E-state index in [1.165, 1.54) is 6.07 Å². The first-order valence-electron chi connectivity index (χ1n) is 10.7. The lowest BCUT2D eigenvalue weighted by Gasteiger charge is -2.36. The van der Waals surface area contributed by atoms with Gasteiger partial charge in [0.05, 0.1) is 24.7 Å². The summed E-state index contributed by atoms with van der Waals surface area (Å²) in [5, 5.41) is 4.64. The molecule has 0 N–H and O–H groups in total. The third kappa shape index (κ3) is 4.07. The number of carbonyl (C=O) groups is 1. The maximum absolute atomic E-state index is 14.2. The maximum atomic E-state index is 14.2. The van der Waals surface area contributed by atoms with Gasteiger partial charge in [0.25, 0.3) is 5.91 Å². The second-order valence-corrected chi connectivity index (χ2v) is 7.73. The van der Waals surface area contributed by atoms with E-state index in [1.807, 2.05) is 41.3 Å². The second-order valence-electron chi connectivity index (χ2n) is 7.73. The molecule has 33 heavy (non-hydrogen) atoms. The number of aromatic nitrogens is 2. The highest BCUT2D eigenvalue weighted by Crippen LogP contribution is 2.25. The van der Waals surface area contributed by atoms with Crippen LogP contribution in [0.4, 0.5) is 10.1 Å². The molecule has 3 heterocycles. The fraction of sp³-hybridized carbons (Fsp3) is 0.200. The van der Waals surface area contributed by atoms with E-state index in [1.54, 1.807) is 47.2 Å². The lowest BCUT2D eigenvalue weighted by Crippen LogP contribution is -2.49. The molecule has 1 amide bonds. The Morgan fingerprint density at radius 1 is 1.00 bits per heavy atom. The van der Waals surface area contributed by atoms with E-state index in [-0.39, 0.29) is 11.7 Å². The molecular weight excluding hydrogens is 423 g/mol. The topological polar surface area (TPSA) is 63.7 Å². The number of ether oxygens (including phenoxy) is 1. The summed E-state index contributed by atoms with van der Waals surface area (Å²) >= 11 is 0. The molecule has 0 bridgehead atoms. The van der Waals surface area contributed by atoms with Crippen LogP contribution in [0.3, 0.4) is 0 Å². The molecule has 4 aromatic rings. The molecule has 0 atom stereocenters. The molecule has 0 radical (unpaired) electrons. The van der Waals surface area contributed by atoms with Gasteiger partial charge in [-0.15, -0.1) is 0 Å². The van der Waals surface area contributed by atoms with Gasteiger partial charge in [-0.3, -0.25) is 4.79 Å². The molecular formula is C25H23FN4O3. The average molecular weight is 446 g/mol. The molecule has 0 saturated carbocycles. The standard InChI is InChI=1S/C25H23FN4O3/c1-32-19-10-8-18(9-11-19)30-23(17-21(27-30)24-7-4-16-33-24)25(31)29-14-12-28(13-15-29)22-6-3-2-5-20(22)26/h2-11,16-17H,12-15H2,1H3. The number of furan rings is 1. The van der Waals surface area contributed by atoms with Crippen molar-refractivity contribution in [2.75, 3.05) is 38.2 Å². The first-order valence-corrected chi connectivity index (χ1v) is 10.7. The Balaban J connectivity index is 1.42. The van der Waals surface area contributed by atoms with Crippen molar-refractivity contribution >= 4 is 11.6 Å². The van der Waals surface area contributed by atoms with Crippen LogP contribution in [-0.4, -0.2) is 53.9 Å². The Morgan fingerprint density at radius 2 is 1.76 bits per heavy atom. The second kappa shape index (κ2) is 8.82. The van der Waals surface area contributed by atoms with Crippen LogP contribution in [0.15, 0.2) is 77.4 Å². The minimum atomic E-state index is -0.252. The fourth-order valence-electron chi connectivity index (χ4n) is 4.02. The summed E-state index contributed by atoms with van der Waals surface area (Å²) in [6.07, 6.45) is 1.57. The van der Waals surface area contributed by atoms with Crippen LogP contribution in [-0.2, 0) is 0 Å². The zero-order chi connectivity index (χ0) is 22.8. The SMILES string of the molecule is COc1ccc(-n2nc(-c3ccco3)cc2C(=O)N2CCN(c3ccccc3F)CC2)cc1. The number of carbonyl (C=O) groups excluding carboxylic acids is 1. The molecule has 0 unspecified atom stereocenters. The van der Waals surface area contributed by atoms with Gasteiger partial charge in [-0.1, -0.05) is 12.1 Å². The van der Waals surface area contributed by atoms with E-state index in [0.717, 1.165) is 5.69 Å². The van der Waals surface area contributed by atoms with Crippen LogP contribution >= 0.6 is 0 Å². The number of para-hydroxylation sites is 1. The highest BCUT2D eigenvalue weighted by atomic mass is 19.1. The third-order valence-electron chi connectivity index (χ3n) is 5.78. The van der Waals surface area contributed by atoms with Gasteiger partial charge in [0.15, 0.2) is 5.76 Å². The van der Waals surface area contributed by atoms with Gasteiger partial charge in [0, 0.05) is 32.2 Å². The van der Waals surface area contributed by atoms with Crippen LogP contribution < -0.4 is 9.64 Å². The number of piperazine rings is 1. The molecule has 1 fully saturated rings. The third-order valence-corrected chi connectivity index (χ3v) is 5.78. The van der Waals surface area contributed by atoms with E-state index >= 15 is 0 Å². The van der Waals surface area contributed by atoms with Crippen LogP contribution in [0, 0.1) is 5.82 Å². The Hall–Kier alpha value is -4.07. The van der Waals surface area contributed by atoms with Gasteiger partial charge < -0.3 is 19.0 Å². The fourth-order valence-corrected chi connectivity index (χ4v) is 4.02. The average Bonchev–Trinajstić information content (AvgIpc) is 3.55. The van der Waals surface area contributed by atoms with Crippen molar-refractivity contribution in [3.8, 4) is 22.9 Å². The van der Waals surface area contributed by atoms with E-state index in [0.29, 0.717) is 54.8 Å². The first kappa shape index (κ1) is 20.8. The number of hydrogen-bond donors (Lipinski definition) is 0. The van der Waals surface area contributed by atoms with Crippen LogP contribution in [0.1, 0.15) is 10.5 Å². The number of amides is 1. The van der Waals surface area contributed by atoms with Crippen LogP contribution in [0.5, 0.6) is 5.75 Å². The van der Waals surface area contributed by atoms with Gasteiger partial charge in [0.1, 0.15) is 23.0 Å². The van der Waals surface area contributed by atoms with Crippen molar-refractivity contribution in [3.05, 3.63) is 84.5 Å². The van der Waals surface area contributed by atoms with E-state index in [9.17, 15) is 9.18 Å². The molecule has 1 saturated heterocycles. The predicted octanol–water partition coefficient (Wildman–Crippen LogP) is 4.24. The summed E-state index contributed by atoms with van der Waals surface area (Å²) in [7, 11) is 1.61. The normalized spacial score (nSPS) is 13.9. The Kier molecular flexibility index (Phi) is 5.56. The quantitative estimate of drug-likeness (QED) is 0.459. The number of nitrogens with zero attached hydrogens (tertiary/aromatic N) is 4. The van der Waals surface area contributed by atoms with Crippen LogP contribution in [0.25, 0.3) is 17.1 Å². The minimum Gasteiger partial charge on any atom is -0.497 e. The molecule has 2 aromatic carbocycles. The van der Waals surface area contributed by atoms with Gasteiger partial charge in [0.2, 0.25) is 0 Å². The van der Waals surface area contributed by atoms with Crippen molar-refractivity contribution < 1.29 is 18.3 Å². The Morgan fingerprint density at radius 3 is 2.42 bits per heavy atom. The highest BCUT2D eigenvalue weighted by molar-refractivity contribution is 5.94. The van der Waals surface area contributed by atoms with Crippen molar-refractivity contribution in [2.45, 2.75) is 0 Å². The number of hydrogen-bond acceptors (Lipinski definition) is 5. The van der Waals surface area contributed by atoms with Crippen molar-refractivity contribution in [2.24, 2.45) is 0 Å². The summed E-state index contributed by atoms with van der Waals surface area (Å²) in [4.78, 5) is 17.3. The molecule has 8 heteroatoms. The summed E-state index contributed by atoms with van der Waals surface area (Å²) in [6.45, 7) is 2.07. The van der Waals surface area contributed by atoms with E-state index in [4.69, 9.17) is 9.15 Å². The van der Waals surface area contributed by atoms with Gasteiger partial charge in [-0.2, -0.15) is 5.10 Å².